The second kappa shape index (κ2) is 9.89. The zero-order chi connectivity index (χ0) is 23.5. The SMILES string of the molecule is Cc1ccc(C(=O)Cc2cc(F)cc(CN3CCN(C(=O)c4nccs4)[C@@H](C)C3)c2C)cn1. The Morgan fingerprint density at radius 2 is 1.94 bits per heavy atom. The van der Waals surface area contributed by atoms with E-state index in [1.54, 1.807) is 36.0 Å². The number of aromatic nitrogens is 2. The fourth-order valence-corrected chi connectivity index (χ4v) is 4.81. The smallest absolute Gasteiger partial charge is 0.283 e. The molecular formula is C25H27FN4O2S. The van der Waals surface area contributed by atoms with Gasteiger partial charge in [-0.05, 0) is 61.7 Å². The molecule has 0 saturated carbocycles. The van der Waals surface area contributed by atoms with Crippen molar-refractivity contribution in [2.24, 2.45) is 0 Å². The number of Topliss-reactive ketones (excluding diaryl/α,β-unsaturated/α-hetero) is 1. The van der Waals surface area contributed by atoms with Crippen molar-refractivity contribution in [3.8, 4) is 0 Å². The number of amides is 1. The number of halogens is 1. The van der Waals surface area contributed by atoms with Crippen molar-refractivity contribution in [2.75, 3.05) is 19.6 Å². The molecule has 2 aromatic heterocycles. The maximum absolute atomic E-state index is 14.5. The van der Waals surface area contributed by atoms with Gasteiger partial charge >= 0.3 is 0 Å². The van der Waals surface area contributed by atoms with Crippen molar-refractivity contribution < 1.29 is 14.0 Å². The number of hydrogen-bond donors (Lipinski definition) is 0. The molecule has 0 N–H and O–H groups in total. The van der Waals surface area contributed by atoms with E-state index in [9.17, 15) is 14.0 Å². The van der Waals surface area contributed by atoms with Gasteiger partial charge in [0.1, 0.15) is 5.82 Å². The van der Waals surface area contributed by atoms with Crippen LogP contribution in [0.4, 0.5) is 4.39 Å². The number of benzene rings is 1. The standard InChI is InChI=1S/C25H27FN4O2S/c1-16-4-5-19(13-28-16)23(31)12-20-10-22(26)11-21(18(20)3)15-29-7-8-30(17(2)14-29)25(32)24-27-6-9-33-24/h4-6,9-11,13,17H,7-8,12,14-15H2,1-3H3/t17-/m0/s1. The van der Waals surface area contributed by atoms with Crippen LogP contribution in [0.15, 0.2) is 42.0 Å². The minimum absolute atomic E-state index is 0.0269. The summed E-state index contributed by atoms with van der Waals surface area (Å²) in [7, 11) is 0. The molecule has 1 aliphatic heterocycles. The van der Waals surface area contributed by atoms with Crippen LogP contribution in [0.2, 0.25) is 0 Å². The van der Waals surface area contributed by atoms with E-state index in [2.05, 4.69) is 14.9 Å². The number of hydrogen-bond acceptors (Lipinski definition) is 6. The normalized spacial score (nSPS) is 16.7. The molecule has 4 rings (SSSR count). The fourth-order valence-electron chi connectivity index (χ4n) is 4.22. The third kappa shape index (κ3) is 5.34. The molecule has 3 heterocycles. The monoisotopic (exact) mass is 466 g/mol. The lowest BCUT2D eigenvalue weighted by Crippen LogP contribution is -2.53. The topological polar surface area (TPSA) is 66.4 Å². The highest BCUT2D eigenvalue weighted by Gasteiger charge is 2.29. The van der Waals surface area contributed by atoms with Gasteiger partial charge in [0, 0.05) is 67.7 Å². The second-order valence-electron chi connectivity index (χ2n) is 8.56. The quantitative estimate of drug-likeness (QED) is 0.513. The van der Waals surface area contributed by atoms with Crippen LogP contribution < -0.4 is 0 Å². The van der Waals surface area contributed by atoms with Gasteiger partial charge in [-0.15, -0.1) is 11.3 Å². The van der Waals surface area contributed by atoms with E-state index in [0.717, 1.165) is 16.8 Å². The van der Waals surface area contributed by atoms with Crippen LogP contribution in [0.1, 0.15) is 49.5 Å². The summed E-state index contributed by atoms with van der Waals surface area (Å²) in [4.78, 5) is 37.8. The fraction of sp³-hybridized carbons (Fsp3) is 0.360. The first kappa shape index (κ1) is 23.2. The molecule has 172 valence electrons. The molecule has 3 aromatic rings. The molecule has 1 fully saturated rings. The lowest BCUT2D eigenvalue weighted by Gasteiger charge is -2.39. The van der Waals surface area contributed by atoms with Gasteiger partial charge in [-0.25, -0.2) is 9.37 Å². The number of rotatable bonds is 6. The maximum atomic E-state index is 14.5. The highest BCUT2D eigenvalue weighted by Crippen LogP contribution is 2.22. The predicted molar refractivity (Wildman–Crippen MR) is 126 cm³/mol. The van der Waals surface area contributed by atoms with E-state index in [1.165, 1.54) is 17.4 Å². The lowest BCUT2D eigenvalue weighted by molar-refractivity contribution is 0.0474. The second-order valence-corrected chi connectivity index (χ2v) is 9.45. The van der Waals surface area contributed by atoms with Gasteiger partial charge < -0.3 is 4.90 Å². The Labute approximate surface area is 197 Å². The summed E-state index contributed by atoms with van der Waals surface area (Å²) in [6, 6.07) is 6.59. The summed E-state index contributed by atoms with van der Waals surface area (Å²) in [6.45, 7) is 8.39. The number of nitrogens with zero attached hydrogens (tertiary/aromatic N) is 4. The van der Waals surface area contributed by atoms with Crippen molar-refractivity contribution in [3.63, 3.8) is 0 Å². The predicted octanol–water partition coefficient (Wildman–Crippen LogP) is 4.07. The van der Waals surface area contributed by atoms with Gasteiger partial charge in [0.05, 0.1) is 0 Å². The van der Waals surface area contributed by atoms with Crippen molar-refractivity contribution in [1.82, 2.24) is 19.8 Å². The summed E-state index contributed by atoms with van der Waals surface area (Å²) in [5, 5.41) is 2.31. The van der Waals surface area contributed by atoms with Crippen molar-refractivity contribution in [3.05, 3.63) is 80.8 Å². The van der Waals surface area contributed by atoms with Crippen molar-refractivity contribution >= 4 is 23.0 Å². The van der Waals surface area contributed by atoms with E-state index >= 15 is 0 Å². The number of thiazole rings is 1. The number of aryl methyl sites for hydroxylation is 1. The molecule has 8 heteroatoms. The highest BCUT2D eigenvalue weighted by atomic mass is 32.1. The van der Waals surface area contributed by atoms with E-state index in [-0.39, 0.29) is 30.0 Å². The molecule has 0 radical (unpaired) electrons. The van der Waals surface area contributed by atoms with Gasteiger partial charge in [0.2, 0.25) is 0 Å². The molecule has 0 unspecified atom stereocenters. The molecule has 1 saturated heterocycles. The summed E-state index contributed by atoms with van der Waals surface area (Å²) in [5.41, 5.74) is 3.87. The van der Waals surface area contributed by atoms with Crippen LogP contribution >= 0.6 is 11.3 Å². The Balaban J connectivity index is 1.44. The van der Waals surface area contributed by atoms with Gasteiger partial charge in [-0.1, -0.05) is 0 Å². The molecule has 1 aliphatic rings. The first-order valence-electron chi connectivity index (χ1n) is 11.0. The van der Waals surface area contributed by atoms with Crippen LogP contribution in [0.25, 0.3) is 0 Å². The van der Waals surface area contributed by atoms with Crippen LogP contribution in [0.5, 0.6) is 0 Å². The number of ketones is 1. The van der Waals surface area contributed by atoms with Gasteiger partial charge in [-0.2, -0.15) is 0 Å². The molecule has 1 aromatic carbocycles. The Hall–Kier alpha value is -2.97. The lowest BCUT2D eigenvalue weighted by atomic mass is 9.95. The van der Waals surface area contributed by atoms with Gasteiger partial charge in [-0.3, -0.25) is 19.5 Å². The maximum Gasteiger partial charge on any atom is 0.283 e. The van der Waals surface area contributed by atoms with Crippen LogP contribution in [-0.4, -0.2) is 57.1 Å². The Kier molecular flexibility index (Phi) is 6.95. The molecule has 6 nitrogen and oxygen atoms in total. The highest BCUT2D eigenvalue weighted by molar-refractivity contribution is 7.11. The summed E-state index contributed by atoms with van der Waals surface area (Å²) in [5.74, 6) is -0.457. The molecule has 0 spiro atoms. The molecule has 1 atom stereocenters. The average molecular weight is 467 g/mol. The summed E-state index contributed by atoms with van der Waals surface area (Å²) in [6.07, 6.45) is 3.35. The van der Waals surface area contributed by atoms with E-state index in [1.807, 2.05) is 25.7 Å². The van der Waals surface area contributed by atoms with Crippen molar-refractivity contribution in [2.45, 2.75) is 39.8 Å². The minimum Gasteiger partial charge on any atom is -0.331 e. The van der Waals surface area contributed by atoms with E-state index in [0.29, 0.717) is 42.3 Å². The van der Waals surface area contributed by atoms with Gasteiger partial charge in [0.15, 0.2) is 10.8 Å². The zero-order valence-electron chi connectivity index (χ0n) is 19.0. The minimum atomic E-state index is -0.342. The van der Waals surface area contributed by atoms with Gasteiger partial charge in [0.25, 0.3) is 5.91 Å². The Morgan fingerprint density at radius 3 is 2.61 bits per heavy atom. The third-order valence-corrected chi connectivity index (χ3v) is 6.91. The van der Waals surface area contributed by atoms with Crippen LogP contribution in [0, 0.1) is 19.7 Å². The van der Waals surface area contributed by atoms with Crippen LogP contribution in [0.3, 0.4) is 0 Å². The number of pyridine rings is 1. The molecule has 0 aliphatic carbocycles. The Morgan fingerprint density at radius 1 is 1.15 bits per heavy atom. The van der Waals surface area contributed by atoms with Crippen molar-refractivity contribution in [1.29, 1.82) is 0 Å². The Bertz CT molecular complexity index is 1150. The largest absolute Gasteiger partial charge is 0.331 e. The third-order valence-electron chi connectivity index (χ3n) is 6.15. The van der Waals surface area contributed by atoms with E-state index < -0.39 is 0 Å². The zero-order valence-corrected chi connectivity index (χ0v) is 19.9. The average Bonchev–Trinajstić information content (AvgIpc) is 3.32. The van der Waals surface area contributed by atoms with Crippen LogP contribution in [-0.2, 0) is 13.0 Å². The van der Waals surface area contributed by atoms with E-state index in [4.69, 9.17) is 0 Å². The first-order chi connectivity index (χ1) is 15.8. The summed E-state index contributed by atoms with van der Waals surface area (Å²) < 4.78 is 14.5. The molecular weight excluding hydrogens is 439 g/mol. The number of carbonyl (C=O) groups excluding carboxylic acids is 2. The number of piperazine rings is 1. The molecule has 1 amide bonds. The number of carbonyl (C=O) groups is 2. The molecule has 33 heavy (non-hydrogen) atoms. The molecule has 0 bridgehead atoms. The summed E-state index contributed by atoms with van der Waals surface area (Å²) >= 11 is 1.35. The first-order valence-corrected chi connectivity index (χ1v) is 11.9.